The minimum Gasteiger partial charge on any atom is -0.490 e. The zero-order valence-corrected chi connectivity index (χ0v) is 9.97. The third-order valence-electron chi connectivity index (χ3n) is 2.53. The Kier molecular flexibility index (Phi) is 3.78. The first-order valence-electron chi connectivity index (χ1n) is 5.68. The van der Waals surface area contributed by atoms with Crippen LogP contribution in [0.1, 0.15) is 5.56 Å². The summed E-state index contributed by atoms with van der Waals surface area (Å²) in [6.45, 7) is 4.11. The summed E-state index contributed by atoms with van der Waals surface area (Å²) in [4.78, 5) is 0. The fourth-order valence-electron chi connectivity index (χ4n) is 1.69. The minimum atomic E-state index is 0.488. The highest BCUT2D eigenvalue weighted by Gasteiger charge is 2.01. The molecule has 0 fully saturated rings. The molecule has 0 aliphatic heterocycles. The van der Waals surface area contributed by atoms with Gasteiger partial charge in [-0.3, -0.25) is 0 Å². The van der Waals surface area contributed by atoms with E-state index in [1.54, 1.807) is 12.1 Å². The zero-order chi connectivity index (χ0) is 12.8. The summed E-state index contributed by atoms with van der Waals surface area (Å²) in [7, 11) is 0. The lowest BCUT2D eigenvalue weighted by Crippen LogP contribution is -1.92. The van der Waals surface area contributed by atoms with E-state index in [1.165, 1.54) is 0 Å². The highest BCUT2D eigenvalue weighted by molar-refractivity contribution is 5.66. The van der Waals surface area contributed by atoms with Gasteiger partial charge in [-0.25, -0.2) is 0 Å². The van der Waals surface area contributed by atoms with Gasteiger partial charge in [-0.2, -0.15) is 5.26 Å². The van der Waals surface area contributed by atoms with Gasteiger partial charge in [0.1, 0.15) is 12.4 Å². The van der Waals surface area contributed by atoms with Crippen LogP contribution >= 0.6 is 0 Å². The maximum Gasteiger partial charge on any atom is 0.120 e. The summed E-state index contributed by atoms with van der Waals surface area (Å²) in [6.07, 6.45) is 1.71. The Morgan fingerprint density at radius 2 is 1.83 bits per heavy atom. The van der Waals surface area contributed by atoms with E-state index >= 15 is 0 Å². The van der Waals surface area contributed by atoms with Gasteiger partial charge in [-0.1, -0.05) is 36.9 Å². The third-order valence-corrected chi connectivity index (χ3v) is 2.53. The summed E-state index contributed by atoms with van der Waals surface area (Å²) in [5.41, 5.74) is 2.71. The van der Waals surface area contributed by atoms with Gasteiger partial charge < -0.3 is 4.74 Å². The molecule has 0 spiro atoms. The van der Waals surface area contributed by atoms with E-state index in [0.29, 0.717) is 12.2 Å². The topological polar surface area (TPSA) is 33.0 Å². The predicted molar refractivity (Wildman–Crippen MR) is 72.3 cm³/mol. The van der Waals surface area contributed by atoms with Crippen LogP contribution in [0.3, 0.4) is 0 Å². The van der Waals surface area contributed by atoms with Gasteiger partial charge in [0, 0.05) is 0 Å². The molecule has 88 valence electrons. The van der Waals surface area contributed by atoms with Crippen molar-refractivity contribution in [1.82, 2.24) is 0 Å². The van der Waals surface area contributed by atoms with Crippen LogP contribution in [0.4, 0.5) is 0 Å². The van der Waals surface area contributed by atoms with Gasteiger partial charge in [-0.15, -0.1) is 0 Å². The van der Waals surface area contributed by atoms with Crippen molar-refractivity contribution in [1.29, 1.82) is 5.26 Å². The molecule has 0 N–H and O–H groups in total. The Bertz CT molecular complexity index is 596. The molecule has 0 bridgehead atoms. The lowest BCUT2D eigenvalue weighted by Gasteiger charge is -2.06. The van der Waals surface area contributed by atoms with Crippen LogP contribution in [0.2, 0.25) is 0 Å². The van der Waals surface area contributed by atoms with Crippen LogP contribution in [0.15, 0.2) is 61.2 Å². The summed E-state index contributed by atoms with van der Waals surface area (Å²) in [5, 5.41) is 8.89. The Morgan fingerprint density at radius 1 is 1.11 bits per heavy atom. The quantitative estimate of drug-likeness (QED) is 0.755. The number of nitriles is 1. The smallest absolute Gasteiger partial charge is 0.120 e. The predicted octanol–water partition coefficient (Wildman–Crippen LogP) is 3.79. The summed E-state index contributed by atoms with van der Waals surface area (Å²) in [5.74, 6) is 0.801. The summed E-state index contributed by atoms with van der Waals surface area (Å²) in [6, 6.07) is 17.5. The van der Waals surface area contributed by atoms with Crippen LogP contribution in [-0.4, -0.2) is 6.61 Å². The Labute approximate surface area is 107 Å². The van der Waals surface area contributed by atoms with Crippen LogP contribution in [0.25, 0.3) is 11.1 Å². The van der Waals surface area contributed by atoms with E-state index in [1.807, 2.05) is 42.5 Å². The summed E-state index contributed by atoms with van der Waals surface area (Å²) >= 11 is 0. The standard InChI is InChI=1S/C16H13NO/c1-2-9-18-16-8-4-7-15(11-16)14-6-3-5-13(10-14)12-17/h2-8,10-11H,1,9H2. The van der Waals surface area contributed by atoms with Crippen molar-refractivity contribution in [3.05, 3.63) is 66.7 Å². The van der Waals surface area contributed by atoms with Crippen molar-refractivity contribution in [2.75, 3.05) is 6.61 Å². The molecule has 0 aliphatic rings. The molecule has 2 rings (SSSR count). The fraction of sp³-hybridized carbons (Fsp3) is 0.0625. The number of benzene rings is 2. The van der Waals surface area contributed by atoms with E-state index in [0.717, 1.165) is 16.9 Å². The third kappa shape index (κ3) is 2.78. The van der Waals surface area contributed by atoms with Crippen molar-refractivity contribution in [2.24, 2.45) is 0 Å². The highest BCUT2D eigenvalue weighted by Crippen LogP contribution is 2.24. The van der Waals surface area contributed by atoms with Crippen LogP contribution in [-0.2, 0) is 0 Å². The van der Waals surface area contributed by atoms with Gasteiger partial charge in [0.2, 0.25) is 0 Å². The molecule has 0 saturated carbocycles. The molecule has 0 radical (unpaired) electrons. The number of ether oxygens (including phenoxy) is 1. The molecular formula is C16H13NO. The molecule has 0 aliphatic carbocycles. The largest absolute Gasteiger partial charge is 0.490 e. The second kappa shape index (κ2) is 5.70. The second-order valence-corrected chi connectivity index (χ2v) is 3.82. The lowest BCUT2D eigenvalue weighted by molar-refractivity contribution is 0.363. The Balaban J connectivity index is 2.32. The van der Waals surface area contributed by atoms with E-state index in [9.17, 15) is 0 Å². The van der Waals surface area contributed by atoms with Gasteiger partial charge in [0.15, 0.2) is 0 Å². The molecule has 2 nitrogen and oxygen atoms in total. The Morgan fingerprint density at radius 3 is 2.56 bits per heavy atom. The number of nitrogens with zero attached hydrogens (tertiary/aromatic N) is 1. The first-order valence-corrected chi connectivity index (χ1v) is 5.68. The maximum atomic E-state index is 8.89. The fourth-order valence-corrected chi connectivity index (χ4v) is 1.69. The molecule has 18 heavy (non-hydrogen) atoms. The van der Waals surface area contributed by atoms with Crippen molar-refractivity contribution in [3.8, 4) is 22.9 Å². The lowest BCUT2D eigenvalue weighted by atomic mass is 10.0. The Hall–Kier alpha value is -2.53. The first kappa shape index (κ1) is 11.9. The zero-order valence-electron chi connectivity index (χ0n) is 9.97. The molecule has 0 saturated heterocycles. The monoisotopic (exact) mass is 235 g/mol. The van der Waals surface area contributed by atoms with E-state index in [2.05, 4.69) is 12.6 Å². The van der Waals surface area contributed by atoms with Crippen molar-refractivity contribution >= 4 is 0 Å². The van der Waals surface area contributed by atoms with E-state index in [4.69, 9.17) is 10.00 Å². The molecule has 0 aromatic heterocycles. The highest BCUT2D eigenvalue weighted by atomic mass is 16.5. The van der Waals surface area contributed by atoms with Crippen LogP contribution in [0.5, 0.6) is 5.75 Å². The first-order chi connectivity index (χ1) is 8.83. The van der Waals surface area contributed by atoms with Crippen LogP contribution < -0.4 is 4.74 Å². The minimum absolute atomic E-state index is 0.488. The maximum absolute atomic E-state index is 8.89. The number of hydrogen-bond acceptors (Lipinski definition) is 2. The molecule has 0 amide bonds. The normalized spacial score (nSPS) is 9.50. The van der Waals surface area contributed by atoms with Gasteiger partial charge in [0.05, 0.1) is 11.6 Å². The van der Waals surface area contributed by atoms with Crippen molar-refractivity contribution in [2.45, 2.75) is 0 Å². The molecule has 2 aromatic rings. The second-order valence-electron chi connectivity index (χ2n) is 3.82. The molecular weight excluding hydrogens is 222 g/mol. The molecule has 0 atom stereocenters. The van der Waals surface area contributed by atoms with E-state index in [-0.39, 0.29) is 0 Å². The van der Waals surface area contributed by atoms with E-state index < -0.39 is 0 Å². The number of hydrogen-bond donors (Lipinski definition) is 0. The van der Waals surface area contributed by atoms with Crippen molar-refractivity contribution < 1.29 is 4.74 Å². The molecule has 2 aromatic carbocycles. The molecule has 2 heteroatoms. The average molecular weight is 235 g/mol. The average Bonchev–Trinajstić information content (AvgIpc) is 2.45. The van der Waals surface area contributed by atoms with Gasteiger partial charge >= 0.3 is 0 Å². The molecule has 0 heterocycles. The van der Waals surface area contributed by atoms with Gasteiger partial charge in [0.25, 0.3) is 0 Å². The summed E-state index contributed by atoms with van der Waals surface area (Å²) < 4.78 is 5.49. The number of rotatable bonds is 4. The van der Waals surface area contributed by atoms with Crippen molar-refractivity contribution in [3.63, 3.8) is 0 Å². The van der Waals surface area contributed by atoms with Gasteiger partial charge in [-0.05, 0) is 35.4 Å². The van der Waals surface area contributed by atoms with Crippen LogP contribution in [0, 0.1) is 11.3 Å². The molecule has 0 unspecified atom stereocenters. The SMILES string of the molecule is C=CCOc1cccc(-c2cccc(C#N)c2)c1.